The molecule has 0 bridgehead atoms. The highest BCUT2D eigenvalue weighted by Crippen LogP contribution is 2.37. The SMILES string of the molecule is COc1ccc(OC)c([C@@H]2C=C(c3ccc(C(C)C)cc3)Nc3ncnn32)c1. The van der Waals surface area contributed by atoms with Gasteiger partial charge in [0.2, 0.25) is 5.95 Å². The quantitative estimate of drug-likeness (QED) is 0.712. The highest BCUT2D eigenvalue weighted by molar-refractivity contribution is 5.77. The van der Waals surface area contributed by atoms with Crippen LogP contribution in [0, 0.1) is 0 Å². The standard InChI is InChI=1S/C22H24N4O2/c1-14(2)15-5-7-16(8-6-15)19-12-20(26-22(25-19)23-13-24-26)18-11-17(27-3)9-10-21(18)28-4/h5-14,20H,1-4H3,(H,23,24,25)/t20-/m0/s1. The maximum absolute atomic E-state index is 5.61. The molecule has 0 spiro atoms. The number of nitrogens with one attached hydrogen (secondary N) is 1. The number of ether oxygens (including phenoxy) is 2. The minimum Gasteiger partial charge on any atom is -0.497 e. The molecule has 0 saturated heterocycles. The fourth-order valence-corrected chi connectivity index (χ4v) is 3.44. The molecule has 28 heavy (non-hydrogen) atoms. The van der Waals surface area contributed by atoms with Crippen molar-refractivity contribution in [1.29, 1.82) is 0 Å². The van der Waals surface area contributed by atoms with Crippen LogP contribution in [0.2, 0.25) is 0 Å². The van der Waals surface area contributed by atoms with Gasteiger partial charge in [-0.2, -0.15) is 10.1 Å². The first-order valence-electron chi connectivity index (χ1n) is 9.31. The molecule has 0 unspecified atom stereocenters. The Balaban J connectivity index is 1.80. The lowest BCUT2D eigenvalue weighted by Gasteiger charge is -2.26. The number of nitrogens with zero attached hydrogens (tertiary/aromatic N) is 3. The summed E-state index contributed by atoms with van der Waals surface area (Å²) in [5.74, 6) is 2.74. The molecule has 0 saturated carbocycles. The first kappa shape index (κ1) is 18.1. The summed E-state index contributed by atoms with van der Waals surface area (Å²) in [6, 6.07) is 14.2. The highest BCUT2D eigenvalue weighted by atomic mass is 16.5. The van der Waals surface area contributed by atoms with Gasteiger partial charge in [-0.05, 0) is 41.3 Å². The third kappa shape index (κ3) is 3.22. The number of hydrogen-bond acceptors (Lipinski definition) is 5. The molecule has 0 fully saturated rings. The first-order chi connectivity index (χ1) is 13.6. The number of anilines is 1. The Morgan fingerprint density at radius 2 is 1.82 bits per heavy atom. The molecule has 6 nitrogen and oxygen atoms in total. The minimum absolute atomic E-state index is 0.163. The van der Waals surface area contributed by atoms with Crippen molar-refractivity contribution < 1.29 is 9.47 Å². The lowest BCUT2D eigenvalue weighted by atomic mass is 9.98. The molecule has 1 aromatic heterocycles. The molecule has 1 N–H and O–H groups in total. The van der Waals surface area contributed by atoms with E-state index in [4.69, 9.17) is 9.47 Å². The van der Waals surface area contributed by atoms with E-state index in [0.29, 0.717) is 11.9 Å². The Labute approximate surface area is 164 Å². The predicted molar refractivity (Wildman–Crippen MR) is 110 cm³/mol. The van der Waals surface area contributed by atoms with Crippen molar-refractivity contribution in [1.82, 2.24) is 14.8 Å². The van der Waals surface area contributed by atoms with E-state index < -0.39 is 0 Å². The molecule has 144 valence electrons. The largest absolute Gasteiger partial charge is 0.497 e. The van der Waals surface area contributed by atoms with Gasteiger partial charge in [-0.3, -0.25) is 0 Å². The van der Waals surface area contributed by atoms with Gasteiger partial charge >= 0.3 is 0 Å². The summed E-state index contributed by atoms with van der Waals surface area (Å²) in [6.07, 6.45) is 3.70. The lowest BCUT2D eigenvalue weighted by Crippen LogP contribution is -2.20. The summed E-state index contributed by atoms with van der Waals surface area (Å²) in [7, 11) is 3.33. The monoisotopic (exact) mass is 376 g/mol. The summed E-state index contributed by atoms with van der Waals surface area (Å²) in [6.45, 7) is 4.39. The second kappa shape index (κ2) is 7.38. The Hall–Kier alpha value is -3.28. The third-order valence-electron chi connectivity index (χ3n) is 5.05. The fourth-order valence-electron chi connectivity index (χ4n) is 3.44. The van der Waals surface area contributed by atoms with E-state index >= 15 is 0 Å². The third-order valence-corrected chi connectivity index (χ3v) is 5.05. The molecule has 0 radical (unpaired) electrons. The number of allylic oxidation sites excluding steroid dienone is 1. The van der Waals surface area contributed by atoms with Gasteiger partial charge in [0, 0.05) is 11.3 Å². The van der Waals surface area contributed by atoms with Crippen LogP contribution in [0.15, 0.2) is 54.9 Å². The minimum atomic E-state index is -0.163. The van der Waals surface area contributed by atoms with Gasteiger partial charge in [-0.15, -0.1) is 0 Å². The van der Waals surface area contributed by atoms with Crippen molar-refractivity contribution in [3.05, 3.63) is 71.6 Å². The predicted octanol–water partition coefficient (Wildman–Crippen LogP) is 4.47. The maximum Gasteiger partial charge on any atom is 0.226 e. The lowest BCUT2D eigenvalue weighted by molar-refractivity contribution is 0.394. The first-order valence-corrected chi connectivity index (χ1v) is 9.31. The summed E-state index contributed by atoms with van der Waals surface area (Å²) in [4.78, 5) is 4.38. The van der Waals surface area contributed by atoms with Crippen LogP contribution in [0.5, 0.6) is 11.5 Å². The van der Waals surface area contributed by atoms with E-state index in [0.717, 1.165) is 28.3 Å². The van der Waals surface area contributed by atoms with Crippen molar-refractivity contribution >= 4 is 11.6 Å². The molecule has 3 aromatic rings. The van der Waals surface area contributed by atoms with E-state index in [2.05, 4.69) is 59.6 Å². The number of rotatable bonds is 5. The van der Waals surface area contributed by atoms with E-state index in [9.17, 15) is 0 Å². The summed E-state index contributed by atoms with van der Waals surface area (Å²) >= 11 is 0. The second-order valence-corrected chi connectivity index (χ2v) is 7.06. The van der Waals surface area contributed by atoms with E-state index in [1.165, 1.54) is 5.56 Å². The van der Waals surface area contributed by atoms with Gasteiger partial charge in [-0.25, -0.2) is 4.68 Å². The second-order valence-electron chi connectivity index (χ2n) is 7.06. The van der Waals surface area contributed by atoms with Crippen LogP contribution in [0.3, 0.4) is 0 Å². The molecule has 2 heterocycles. The van der Waals surface area contributed by atoms with E-state index in [-0.39, 0.29) is 6.04 Å². The Kier molecular flexibility index (Phi) is 4.77. The fraction of sp³-hybridized carbons (Fsp3) is 0.273. The van der Waals surface area contributed by atoms with E-state index in [1.54, 1.807) is 20.5 Å². The Bertz CT molecular complexity index is 1010. The number of benzene rings is 2. The molecule has 0 amide bonds. The van der Waals surface area contributed by atoms with Crippen molar-refractivity contribution in [2.24, 2.45) is 0 Å². The molecule has 1 aliphatic heterocycles. The smallest absolute Gasteiger partial charge is 0.226 e. The van der Waals surface area contributed by atoms with Gasteiger partial charge in [0.05, 0.1) is 14.2 Å². The molecular formula is C22H24N4O2. The van der Waals surface area contributed by atoms with Crippen LogP contribution < -0.4 is 14.8 Å². The average molecular weight is 376 g/mol. The summed E-state index contributed by atoms with van der Waals surface area (Å²) in [5, 5.41) is 7.80. The van der Waals surface area contributed by atoms with Crippen molar-refractivity contribution in [3.8, 4) is 11.5 Å². The summed E-state index contributed by atoms with van der Waals surface area (Å²) in [5.41, 5.74) is 4.37. The number of fused-ring (bicyclic) bond motifs is 1. The Morgan fingerprint density at radius 1 is 1.04 bits per heavy atom. The van der Waals surface area contributed by atoms with Crippen LogP contribution in [-0.4, -0.2) is 29.0 Å². The zero-order chi connectivity index (χ0) is 19.7. The zero-order valence-corrected chi connectivity index (χ0v) is 16.5. The van der Waals surface area contributed by atoms with Crippen LogP contribution in [0.1, 0.15) is 42.5 Å². The molecule has 2 aromatic carbocycles. The van der Waals surface area contributed by atoms with Gasteiger partial charge in [0.15, 0.2) is 0 Å². The number of aromatic nitrogens is 3. The van der Waals surface area contributed by atoms with Crippen molar-refractivity contribution in [3.63, 3.8) is 0 Å². The Morgan fingerprint density at radius 3 is 2.50 bits per heavy atom. The van der Waals surface area contributed by atoms with Gasteiger partial charge < -0.3 is 14.8 Å². The van der Waals surface area contributed by atoms with Crippen LogP contribution in [-0.2, 0) is 0 Å². The average Bonchev–Trinajstić information content (AvgIpc) is 3.21. The van der Waals surface area contributed by atoms with Crippen LogP contribution in [0.4, 0.5) is 5.95 Å². The van der Waals surface area contributed by atoms with Gasteiger partial charge in [0.1, 0.15) is 23.9 Å². The van der Waals surface area contributed by atoms with Gasteiger partial charge in [0.25, 0.3) is 0 Å². The number of methoxy groups -OCH3 is 2. The molecule has 0 aliphatic carbocycles. The molecular weight excluding hydrogens is 352 g/mol. The highest BCUT2D eigenvalue weighted by Gasteiger charge is 2.26. The van der Waals surface area contributed by atoms with Crippen molar-refractivity contribution in [2.45, 2.75) is 25.8 Å². The van der Waals surface area contributed by atoms with Crippen molar-refractivity contribution in [2.75, 3.05) is 19.5 Å². The normalized spacial score (nSPS) is 15.6. The number of hydrogen-bond donors (Lipinski definition) is 1. The zero-order valence-electron chi connectivity index (χ0n) is 16.5. The van der Waals surface area contributed by atoms with Crippen LogP contribution in [0.25, 0.3) is 5.70 Å². The molecule has 4 rings (SSSR count). The molecule has 1 aliphatic rings. The van der Waals surface area contributed by atoms with Crippen LogP contribution >= 0.6 is 0 Å². The molecule has 6 heteroatoms. The van der Waals surface area contributed by atoms with E-state index in [1.807, 2.05) is 22.9 Å². The van der Waals surface area contributed by atoms with Gasteiger partial charge in [-0.1, -0.05) is 38.1 Å². The summed E-state index contributed by atoms with van der Waals surface area (Å²) < 4.78 is 12.9. The maximum atomic E-state index is 5.61. The molecule has 1 atom stereocenters. The topological polar surface area (TPSA) is 61.2 Å².